The lowest BCUT2D eigenvalue weighted by molar-refractivity contribution is -0.136. The molecule has 0 heterocycles. The molecule has 0 spiro atoms. The Morgan fingerprint density at radius 2 is 1.78 bits per heavy atom. The number of nitrogens with one attached hydrogen (secondary N) is 1. The zero-order valence-corrected chi connectivity index (χ0v) is 14.9. The van der Waals surface area contributed by atoms with Gasteiger partial charge in [0.1, 0.15) is 6.04 Å². The minimum atomic E-state index is -0.540. The SMILES string of the molecule is CC(C)C(NC(=O)c1ccccc1Cl)C(=O)N(C(C)C)C1CC1. The summed E-state index contributed by atoms with van der Waals surface area (Å²) in [6.45, 7) is 7.93. The van der Waals surface area contributed by atoms with E-state index in [1.165, 1.54) is 0 Å². The number of carbonyl (C=O) groups excluding carboxylic acids is 2. The third kappa shape index (κ3) is 4.25. The van der Waals surface area contributed by atoms with Crippen molar-refractivity contribution in [2.45, 2.75) is 58.7 Å². The van der Waals surface area contributed by atoms with E-state index in [-0.39, 0.29) is 23.8 Å². The molecule has 1 aliphatic carbocycles. The van der Waals surface area contributed by atoms with E-state index in [1.54, 1.807) is 24.3 Å². The number of amides is 2. The summed E-state index contributed by atoms with van der Waals surface area (Å²) in [5.41, 5.74) is 0.398. The smallest absolute Gasteiger partial charge is 0.253 e. The number of hydrogen-bond acceptors (Lipinski definition) is 2. The molecule has 0 bridgehead atoms. The van der Waals surface area contributed by atoms with E-state index >= 15 is 0 Å². The Labute approximate surface area is 143 Å². The number of benzene rings is 1. The number of carbonyl (C=O) groups is 2. The van der Waals surface area contributed by atoms with Crippen LogP contribution in [0.1, 0.15) is 50.9 Å². The summed E-state index contributed by atoms with van der Waals surface area (Å²) in [4.78, 5) is 27.3. The highest BCUT2D eigenvalue weighted by molar-refractivity contribution is 6.33. The summed E-state index contributed by atoms with van der Waals surface area (Å²) >= 11 is 6.08. The van der Waals surface area contributed by atoms with E-state index < -0.39 is 6.04 Å². The molecule has 0 saturated heterocycles. The maximum atomic E-state index is 12.9. The average Bonchev–Trinajstić information content (AvgIpc) is 3.28. The summed E-state index contributed by atoms with van der Waals surface area (Å²) in [5.74, 6) is -0.297. The van der Waals surface area contributed by atoms with Gasteiger partial charge in [-0.3, -0.25) is 9.59 Å². The highest BCUT2D eigenvalue weighted by atomic mass is 35.5. The minimum Gasteiger partial charge on any atom is -0.340 e. The maximum Gasteiger partial charge on any atom is 0.253 e. The molecule has 0 radical (unpaired) electrons. The third-order valence-electron chi connectivity index (χ3n) is 4.09. The Morgan fingerprint density at radius 1 is 1.17 bits per heavy atom. The molecule has 4 nitrogen and oxygen atoms in total. The van der Waals surface area contributed by atoms with Crippen molar-refractivity contribution in [3.8, 4) is 0 Å². The van der Waals surface area contributed by atoms with Crippen LogP contribution < -0.4 is 5.32 Å². The average molecular weight is 337 g/mol. The van der Waals surface area contributed by atoms with Crippen molar-refractivity contribution in [3.63, 3.8) is 0 Å². The summed E-state index contributed by atoms with van der Waals surface area (Å²) < 4.78 is 0. The molecular formula is C18H25ClN2O2. The van der Waals surface area contributed by atoms with E-state index in [4.69, 9.17) is 11.6 Å². The largest absolute Gasteiger partial charge is 0.340 e. The lowest BCUT2D eigenvalue weighted by atomic mass is 10.0. The second kappa shape index (κ2) is 7.35. The molecular weight excluding hydrogens is 312 g/mol. The van der Waals surface area contributed by atoms with Crippen molar-refractivity contribution in [2.75, 3.05) is 0 Å². The molecule has 2 rings (SSSR count). The van der Waals surface area contributed by atoms with Gasteiger partial charge >= 0.3 is 0 Å². The molecule has 1 aromatic rings. The van der Waals surface area contributed by atoms with E-state index in [1.807, 2.05) is 32.6 Å². The van der Waals surface area contributed by atoms with Crippen LogP contribution in [-0.2, 0) is 4.79 Å². The summed E-state index contributed by atoms with van der Waals surface area (Å²) in [6.07, 6.45) is 2.10. The molecule has 1 atom stereocenters. The molecule has 5 heteroatoms. The van der Waals surface area contributed by atoms with Gasteiger partial charge in [-0.15, -0.1) is 0 Å². The van der Waals surface area contributed by atoms with Crippen LogP contribution in [0, 0.1) is 5.92 Å². The molecule has 126 valence electrons. The van der Waals surface area contributed by atoms with Crippen LogP contribution in [-0.4, -0.2) is 34.8 Å². The molecule has 0 aliphatic heterocycles. The normalized spacial score (nSPS) is 15.6. The monoisotopic (exact) mass is 336 g/mol. The summed E-state index contributed by atoms with van der Waals surface area (Å²) in [5, 5.41) is 3.27. The lowest BCUT2D eigenvalue weighted by Crippen LogP contribution is -2.53. The predicted molar refractivity (Wildman–Crippen MR) is 92.5 cm³/mol. The lowest BCUT2D eigenvalue weighted by Gasteiger charge is -2.32. The van der Waals surface area contributed by atoms with Crippen LogP contribution >= 0.6 is 11.6 Å². The highest BCUT2D eigenvalue weighted by Crippen LogP contribution is 2.30. The quantitative estimate of drug-likeness (QED) is 0.864. The fourth-order valence-corrected chi connectivity index (χ4v) is 2.97. The van der Waals surface area contributed by atoms with Crippen molar-refractivity contribution < 1.29 is 9.59 Å². The first-order chi connectivity index (χ1) is 10.8. The number of halogens is 1. The molecule has 1 aliphatic rings. The third-order valence-corrected chi connectivity index (χ3v) is 4.42. The van der Waals surface area contributed by atoms with Gasteiger partial charge in [0, 0.05) is 12.1 Å². The highest BCUT2D eigenvalue weighted by Gasteiger charge is 2.38. The number of hydrogen-bond donors (Lipinski definition) is 1. The van der Waals surface area contributed by atoms with Crippen molar-refractivity contribution in [2.24, 2.45) is 5.92 Å². The fourth-order valence-electron chi connectivity index (χ4n) is 2.75. The molecule has 1 N–H and O–H groups in total. The second-order valence-corrected chi connectivity index (χ2v) is 7.15. The van der Waals surface area contributed by atoms with Crippen LogP contribution in [0.2, 0.25) is 5.02 Å². The van der Waals surface area contributed by atoms with Gasteiger partial charge in [-0.05, 0) is 44.7 Å². The van der Waals surface area contributed by atoms with Crippen molar-refractivity contribution in [3.05, 3.63) is 34.9 Å². The molecule has 1 fully saturated rings. The van der Waals surface area contributed by atoms with Crippen LogP contribution in [0.5, 0.6) is 0 Å². The molecule has 23 heavy (non-hydrogen) atoms. The first-order valence-corrected chi connectivity index (χ1v) is 8.58. The standard InChI is InChI=1S/C18H25ClN2O2/c1-11(2)16(18(23)21(12(3)4)13-9-10-13)20-17(22)14-7-5-6-8-15(14)19/h5-8,11-13,16H,9-10H2,1-4H3,(H,20,22). The van der Waals surface area contributed by atoms with Gasteiger partial charge in [0.25, 0.3) is 5.91 Å². The summed E-state index contributed by atoms with van der Waals surface area (Å²) in [7, 11) is 0. The van der Waals surface area contributed by atoms with Crippen molar-refractivity contribution in [1.82, 2.24) is 10.2 Å². The predicted octanol–water partition coefficient (Wildman–Crippen LogP) is 3.49. The van der Waals surface area contributed by atoms with Gasteiger partial charge in [0.05, 0.1) is 10.6 Å². The van der Waals surface area contributed by atoms with Crippen LogP contribution in [0.4, 0.5) is 0 Å². The minimum absolute atomic E-state index is 0.00194. The van der Waals surface area contributed by atoms with E-state index in [0.29, 0.717) is 16.6 Å². The Bertz CT molecular complexity index is 580. The van der Waals surface area contributed by atoms with E-state index in [9.17, 15) is 9.59 Å². The zero-order valence-electron chi connectivity index (χ0n) is 14.2. The molecule has 2 amide bonds. The first-order valence-electron chi connectivity index (χ1n) is 8.20. The summed E-state index contributed by atoms with van der Waals surface area (Å²) in [6, 6.07) is 6.79. The number of rotatable bonds is 6. The topological polar surface area (TPSA) is 49.4 Å². The van der Waals surface area contributed by atoms with Crippen LogP contribution in [0.3, 0.4) is 0 Å². The van der Waals surface area contributed by atoms with Gasteiger partial charge < -0.3 is 10.2 Å². The van der Waals surface area contributed by atoms with Gasteiger partial charge in [0.2, 0.25) is 5.91 Å². The van der Waals surface area contributed by atoms with Gasteiger partial charge in [-0.2, -0.15) is 0 Å². The van der Waals surface area contributed by atoms with E-state index in [2.05, 4.69) is 5.32 Å². The van der Waals surface area contributed by atoms with Crippen LogP contribution in [0.15, 0.2) is 24.3 Å². The Kier molecular flexibility index (Phi) is 5.69. The van der Waals surface area contributed by atoms with Gasteiger partial charge in [-0.25, -0.2) is 0 Å². The molecule has 1 saturated carbocycles. The maximum absolute atomic E-state index is 12.9. The van der Waals surface area contributed by atoms with Crippen LogP contribution in [0.25, 0.3) is 0 Å². The van der Waals surface area contributed by atoms with E-state index in [0.717, 1.165) is 12.8 Å². The van der Waals surface area contributed by atoms with Gasteiger partial charge in [-0.1, -0.05) is 37.6 Å². The Balaban J connectivity index is 2.17. The van der Waals surface area contributed by atoms with Gasteiger partial charge in [0.15, 0.2) is 0 Å². The Morgan fingerprint density at radius 3 is 2.26 bits per heavy atom. The number of nitrogens with zero attached hydrogens (tertiary/aromatic N) is 1. The second-order valence-electron chi connectivity index (χ2n) is 6.75. The molecule has 0 aromatic heterocycles. The zero-order chi connectivity index (χ0) is 17.1. The van der Waals surface area contributed by atoms with Crippen molar-refractivity contribution >= 4 is 23.4 Å². The molecule has 1 aromatic carbocycles. The first kappa shape index (κ1) is 17.8. The Hall–Kier alpha value is -1.55. The fraction of sp³-hybridized carbons (Fsp3) is 0.556. The van der Waals surface area contributed by atoms with Crippen molar-refractivity contribution in [1.29, 1.82) is 0 Å². The molecule has 1 unspecified atom stereocenters.